The Labute approximate surface area is 109 Å². The highest BCUT2D eigenvalue weighted by atomic mass is 16.1. The Morgan fingerprint density at radius 3 is 2.89 bits per heavy atom. The van der Waals surface area contributed by atoms with Gasteiger partial charge in [0.25, 0.3) is 5.91 Å². The van der Waals surface area contributed by atoms with Crippen LogP contribution in [0.2, 0.25) is 0 Å². The number of hydrogen-bond donors (Lipinski definition) is 2. The molecular formula is C15H22N2O. The van der Waals surface area contributed by atoms with Crippen LogP contribution in [-0.4, -0.2) is 25.0 Å². The highest BCUT2D eigenvalue weighted by Gasteiger charge is 2.14. The lowest BCUT2D eigenvalue weighted by molar-refractivity contribution is 0.0952. The number of nitrogens with one attached hydrogen (secondary N) is 2. The third-order valence-electron chi connectivity index (χ3n) is 3.71. The van der Waals surface area contributed by atoms with Gasteiger partial charge in [-0.2, -0.15) is 0 Å². The number of amides is 1. The van der Waals surface area contributed by atoms with E-state index in [1.54, 1.807) is 0 Å². The van der Waals surface area contributed by atoms with Gasteiger partial charge in [0.15, 0.2) is 0 Å². The molecule has 0 saturated carbocycles. The fourth-order valence-corrected chi connectivity index (χ4v) is 2.35. The van der Waals surface area contributed by atoms with Crippen LogP contribution in [0.15, 0.2) is 18.2 Å². The standard InChI is InChI=1S/C15H22N2O/c1-11-5-6-13(10-12(11)2)15(18)17-9-7-14-4-3-8-16-14/h5-6,10,14,16H,3-4,7-9H2,1-2H3,(H,17,18)/t14-/m0/s1. The lowest BCUT2D eigenvalue weighted by Gasteiger charge is -2.11. The molecule has 2 N–H and O–H groups in total. The lowest BCUT2D eigenvalue weighted by Crippen LogP contribution is -2.30. The molecule has 1 heterocycles. The molecule has 0 aliphatic carbocycles. The van der Waals surface area contributed by atoms with E-state index in [1.807, 2.05) is 25.1 Å². The lowest BCUT2D eigenvalue weighted by atomic mass is 10.1. The van der Waals surface area contributed by atoms with Gasteiger partial charge < -0.3 is 10.6 Å². The van der Waals surface area contributed by atoms with E-state index in [-0.39, 0.29) is 5.91 Å². The molecule has 0 unspecified atom stereocenters. The Kier molecular flexibility index (Phi) is 4.37. The molecule has 1 fully saturated rings. The fourth-order valence-electron chi connectivity index (χ4n) is 2.35. The van der Waals surface area contributed by atoms with Crippen LogP contribution in [0.1, 0.15) is 40.7 Å². The first-order valence-electron chi connectivity index (χ1n) is 6.75. The third-order valence-corrected chi connectivity index (χ3v) is 3.71. The van der Waals surface area contributed by atoms with E-state index in [0.717, 1.165) is 25.1 Å². The van der Waals surface area contributed by atoms with Gasteiger partial charge in [-0.3, -0.25) is 4.79 Å². The van der Waals surface area contributed by atoms with Crippen LogP contribution in [0.25, 0.3) is 0 Å². The number of carbonyl (C=O) groups is 1. The zero-order chi connectivity index (χ0) is 13.0. The zero-order valence-electron chi connectivity index (χ0n) is 11.3. The van der Waals surface area contributed by atoms with E-state index in [2.05, 4.69) is 17.6 Å². The summed E-state index contributed by atoms with van der Waals surface area (Å²) >= 11 is 0. The summed E-state index contributed by atoms with van der Waals surface area (Å²) in [6.45, 7) is 5.97. The predicted octanol–water partition coefficient (Wildman–Crippen LogP) is 2.18. The number of hydrogen-bond acceptors (Lipinski definition) is 2. The summed E-state index contributed by atoms with van der Waals surface area (Å²) in [4.78, 5) is 12.0. The monoisotopic (exact) mass is 246 g/mol. The van der Waals surface area contributed by atoms with Crippen LogP contribution in [0.3, 0.4) is 0 Å². The van der Waals surface area contributed by atoms with Crippen LogP contribution in [0, 0.1) is 13.8 Å². The molecule has 3 nitrogen and oxygen atoms in total. The second-order valence-electron chi connectivity index (χ2n) is 5.14. The van der Waals surface area contributed by atoms with Gasteiger partial charge in [0.2, 0.25) is 0 Å². The SMILES string of the molecule is Cc1ccc(C(=O)NCC[C@@H]2CCCN2)cc1C. The van der Waals surface area contributed by atoms with Crippen LogP contribution in [0.4, 0.5) is 0 Å². The number of carbonyl (C=O) groups excluding carboxylic acids is 1. The molecule has 1 atom stereocenters. The highest BCUT2D eigenvalue weighted by Crippen LogP contribution is 2.10. The number of benzene rings is 1. The molecule has 1 aliphatic rings. The molecule has 3 heteroatoms. The molecule has 0 bridgehead atoms. The molecule has 98 valence electrons. The number of rotatable bonds is 4. The van der Waals surface area contributed by atoms with Crippen LogP contribution in [0.5, 0.6) is 0 Å². The molecule has 0 aromatic heterocycles. The summed E-state index contributed by atoms with van der Waals surface area (Å²) < 4.78 is 0. The summed E-state index contributed by atoms with van der Waals surface area (Å²) in [5, 5.41) is 6.43. The molecule has 0 spiro atoms. The van der Waals surface area contributed by atoms with E-state index in [4.69, 9.17) is 0 Å². The Hall–Kier alpha value is -1.35. The van der Waals surface area contributed by atoms with Gasteiger partial charge >= 0.3 is 0 Å². The topological polar surface area (TPSA) is 41.1 Å². The first-order chi connectivity index (χ1) is 8.66. The van der Waals surface area contributed by atoms with Crippen molar-refractivity contribution in [1.82, 2.24) is 10.6 Å². The van der Waals surface area contributed by atoms with Crippen molar-refractivity contribution in [3.63, 3.8) is 0 Å². The molecule has 1 aromatic carbocycles. The summed E-state index contributed by atoms with van der Waals surface area (Å²) in [5.74, 6) is 0.0381. The average molecular weight is 246 g/mol. The van der Waals surface area contributed by atoms with E-state index < -0.39 is 0 Å². The predicted molar refractivity (Wildman–Crippen MR) is 73.9 cm³/mol. The minimum absolute atomic E-state index is 0.0381. The van der Waals surface area contributed by atoms with Gasteiger partial charge in [0.05, 0.1) is 0 Å². The Morgan fingerprint density at radius 2 is 2.22 bits per heavy atom. The summed E-state index contributed by atoms with van der Waals surface area (Å²) in [5.41, 5.74) is 3.15. The molecule has 18 heavy (non-hydrogen) atoms. The first-order valence-corrected chi connectivity index (χ1v) is 6.75. The molecule has 1 amide bonds. The van der Waals surface area contributed by atoms with Crippen molar-refractivity contribution in [3.05, 3.63) is 34.9 Å². The number of aryl methyl sites for hydroxylation is 2. The molecule has 2 rings (SSSR count). The smallest absolute Gasteiger partial charge is 0.251 e. The van der Waals surface area contributed by atoms with Crippen LogP contribution >= 0.6 is 0 Å². The summed E-state index contributed by atoms with van der Waals surface area (Å²) in [7, 11) is 0. The second-order valence-corrected chi connectivity index (χ2v) is 5.14. The van der Waals surface area contributed by atoms with Crippen molar-refractivity contribution < 1.29 is 4.79 Å². The van der Waals surface area contributed by atoms with E-state index in [1.165, 1.54) is 24.0 Å². The molecule has 1 saturated heterocycles. The van der Waals surface area contributed by atoms with Gasteiger partial charge in [-0.05, 0) is 62.9 Å². The van der Waals surface area contributed by atoms with Gasteiger partial charge in [-0.15, -0.1) is 0 Å². The van der Waals surface area contributed by atoms with Crippen molar-refractivity contribution in [2.45, 2.75) is 39.2 Å². The maximum atomic E-state index is 12.0. The minimum Gasteiger partial charge on any atom is -0.352 e. The first kappa shape index (κ1) is 13.1. The van der Waals surface area contributed by atoms with E-state index >= 15 is 0 Å². The normalized spacial score (nSPS) is 18.9. The van der Waals surface area contributed by atoms with Gasteiger partial charge in [-0.25, -0.2) is 0 Å². The molecule has 0 radical (unpaired) electrons. The maximum Gasteiger partial charge on any atom is 0.251 e. The summed E-state index contributed by atoms with van der Waals surface area (Å²) in [6.07, 6.45) is 3.52. The molecular weight excluding hydrogens is 224 g/mol. The fraction of sp³-hybridized carbons (Fsp3) is 0.533. The van der Waals surface area contributed by atoms with Crippen molar-refractivity contribution >= 4 is 5.91 Å². The van der Waals surface area contributed by atoms with Gasteiger partial charge in [0.1, 0.15) is 0 Å². The minimum atomic E-state index is 0.0381. The van der Waals surface area contributed by atoms with Crippen LogP contribution in [-0.2, 0) is 0 Å². The van der Waals surface area contributed by atoms with Crippen molar-refractivity contribution in [2.24, 2.45) is 0 Å². The van der Waals surface area contributed by atoms with Crippen molar-refractivity contribution in [3.8, 4) is 0 Å². The van der Waals surface area contributed by atoms with Crippen molar-refractivity contribution in [1.29, 1.82) is 0 Å². The quantitative estimate of drug-likeness (QED) is 0.855. The Morgan fingerprint density at radius 1 is 1.39 bits per heavy atom. The van der Waals surface area contributed by atoms with Crippen LogP contribution < -0.4 is 10.6 Å². The maximum absolute atomic E-state index is 12.0. The average Bonchev–Trinajstić information content (AvgIpc) is 2.85. The van der Waals surface area contributed by atoms with Gasteiger partial charge in [0, 0.05) is 18.2 Å². The second kappa shape index (κ2) is 6.01. The molecule has 1 aromatic rings. The Bertz CT molecular complexity index is 423. The molecule has 1 aliphatic heterocycles. The highest BCUT2D eigenvalue weighted by molar-refractivity contribution is 5.94. The zero-order valence-corrected chi connectivity index (χ0v) is 11.3. The third kappa shape index (κ3) is 3.33. The largest absolute Gasteiger partial charge is 0.352 e. The Balaban J connectivity index is 1.81. The van der Waals surface area contributed by atoms with Gasteiger partial charge in [-0.1, -0.05) is 6.07 Å². The van der Waals surface area contributed by atoms with Crippen molar-refractivity contribution in [2.75, 3.05) is 13.1 Å². The van der Waals surface area contributed by atoms with E-state index in [9.17, 15) is 4.79 Å². The van der Waals surface area contributed by atoms with E-state index in [0.29, 0.717) is 6.04 Å². The summed E-state index contributed by atoms with van der Waals surface area (Å²) in [6, 6.07) is 6.44.